The van der Waals surface area contributed by atoms with Crippen LogP contribution in [-0.2, 0) is 0 Å². The van der Waals surface area contributed by atoms with Crippen molar-refractivity contribution in [3.63, 3.8) is 0 Å². The van der Waals surface area contributed by atoms with E-state index in [1.165, 1.54) is 0 Å². The molecule has 1 fully saturated rings. The SMILES string of the molecule is CCN1CCC(C(C)NCC(O)C(F)F)CC1. The third-order valence-corrected chi connectivity index (χ3v) is 3.73. The molecule has 2 unspecified atom stereocenters. The van der Waals surface area contributed by atoms with Crippen LogP contribution in [0.2, 0.25) is 0 Å². The first-order valence-corrected chi connectivity index (χ1v) is 6.46. The smallest absolute Gasteiger partial charge is 0.265 e. The summed E-state index contributed by atoms with van der Waals surface area (Å²) < 4.78 is 24.2. The molecule has 1 aliphatic heterocycles. The van der Waals surface area contributed by atoms with Gasteiger partial charge in [-0.1, -0.05) is 6.92 Å². The van der Waals surface area contributed by atoms with E-state index in [1.807, 2.05) is 6.92 Å². The van der Waals surface area contributed by atoms with Crippen LogP contribution in [0.25, 0.3) is 0 Å². The van der Waals surface area contributed by atoms with Gasteiger partial charge in [0, 0.05) is 12.6 Å². The summed E-state index contributed by atoms with van der Waals surface area (Å²) >= 11 is 0. The second-order valence-corrected chi connectivity index (χ2v) is 4.87. The highest BCUT2D eigenvalue weighted by molar-refractivity contribution is 4.80. The molecular formula is C12H24F2N2O. The van der Waals surface area contributed by atoms with E-state index in [4.69, 9.17) is 5.11 Å². The second kappa shape index (κ2) is 7.24. The number of halogens is 2. The Balaban J connectivity index is 2.22. The molecule has 2 N–H and O–H groups in total. The summed E-state index contributed by atoms with van der Waals surface area (Å²) in [6.07, 6.45) is -2.00. The van der Waals surface area contributed by atoms with Gasteiger partial charge < -0.3 is 15.3 Å². The van der Waals surface area contributed by atoms with Gasteiger partial charge in [0.05, 0.1) is 0 Å². The lowest BCUT2D eigenvalue weighted by Gasteiger charge is -2.34. The van der Waals surface area contributed by atoms with Crippen LogP contribution in [0.1, 0.15) is 26.7 Å². The van der Waals surface area contributed by atoms with Crippen molar-refractivity contribution in [3.8, 4) is 0 Å². The Morgan fingerprint density at radius 2 is 1.94 bits per heavy atom. The number of nitrogens with one attached hydrogen (secondary N) is 1. The fraction of sp³-hybridized carbons (Fsp3) is 1.00. The maximum Gasteiger partial charge on any atom is 0.265 e. The van der Waals surface area contributed by atoms with Crippen molar-refractivity contribution < 1.29 is 13.9 Å². The molecule has 0 radical (unpaired) electrons. The average molecular weight is 250 g/mol. The zero-order valence-corrected chi connectivity index (χ0v) is 10.7. The topological polar surface area (TPSA) is 35.5 Å². The Kier molecular flexibility index (Phi) is 6.30. The molecule has 102 valence electrons. The number of aliphatic hydroxyl groups is 1. The van der Waals surface area contributed by atoms with Crippen LogP contribution in [-0.4, -0.2) is 54.8 Å². The van der Waals surface area contributed by atoms with Gasteiger partial charge in [0.25, 0.3) is 6.43 Å². The number of likely N-dealkylation sites (tertiary alicyclic amines) is 1. The molecule has 3 nitrogen and oxygen atoms in total. The third kappa shape index (κ3) is 4.85. The summed E-state index contributed by atoms with van der Waals surface area (Å²) in [7, 11) is 0. The molecule has 0 spiro atoms. The summed E-state index contributed by atoms with van der Waals surface area (Å²) in [6.45, 7) is 7.41. The highest BCUT2D eigenvalue weighted by Gasteiger charge is 2.24. The maximum absolute atomic E-state index is 12.1. The van der Waals surface area contributed by atoms with Crippen molar-refractivity contribution in [2.75, 3.05) is 26.2 Å². The normalized spacial score (nSPS) is 22.9. The van der Waals surface area contributed by atoms with E-state index in [0.29, 0.717) is 5.92 Å². The number of hydrogen-bond donors (Lipinski definition) is 2. The molecule has 1 aliphatic rings. The highest BCUT2D eigenvalue weighted by atomic mass is 19.3. The first-order chi connectivity index (χ1) is 8.04. The Labute approximate surface area is 102 Å². The minimum absolute atomic E-state index is 0.0210. The van der Waals surface area contributed by atoms with Crippen molar-refractivity contribution >= 4 is 0 Å². The predicted molar refractivity (Wildman–Crippen MR) is 64.3 cm³/mol. The second-order valence-electron chi connectivity index (χ2n) is 4.87. The van der Waals surface area contributed by atoms with Crippen LogP contribution in [0.3, 0.4) is 0 Å². The molecule has 0 bridgehead atoms. The van der Waals surface area contributed by atoms with Crippen LogP contribution in [0.4, 0.5) is 8.78 Å². The summed E-state index contributed by atoms with van der Waals surface area (Å²) in [5.74, 6) is 0.530. The summed E-state index contributed by atoms with van der Waals surface area (Å²) in [5.41, 5.74) is 0. The van der Waals surface area contributed by atoms with E-state index < -0.39 is 12.5 Å². The zero-order valence-electron chi connectivity index (χ0n) is 10.7. The van der Waals surface area contributed by atoms with Gasteiger partial charge in [0.2, 0.25) is 0 Å². The molecule has 0 aromatic carbocycles. The lowest BCUT2D eigenvalue weighted by atomic mass is 9.90. The lowest BCUT2D eigenvalue weighted by Crippen LogP contribution is -2.44. The van der Waals surface area contributed by atoms with Crippen molar-refractivity contribution in [1.29, 1.82) is 0 Å². The van der Waals surface area contributed by atoms with E-state index in [-0.39, 0.29) is 12.6 Å². The Hall–Kier alpha value is -0.260. The largest absolute Gasteiger partial charge is 0.386 e. The van der Waals surface area contributed by atoms with E-state index in [1.54, 1.807) is 0 Å². The summed E-state index contributed by atoms with van der Waals surface area (Å²) in [5, 5.41) is 12.1. The van der Waals surface area contributed by atoms with Crippen LogP contribution >= 0.6 is 0 Å². The van der Waals surface area contributed by atoms with Gasteiger partial charge in [0.1, 0.15) is 6.10 Å². The van der Waals surface area contributed by atoms with Crippen LogP contribution < -0.4 is 5.32 Å². The number of aliphatic hydroxyl groups excluding tert-OH is 1. The molecule has 0 saturated carbocycles. The molecule has 1 heterocycles. The Morgan fingerprint density at radius 3 is 2.41 bits per heavy atom. The highest BCUT2D eigenvalue weighted by Crippen LogP contribution is 2.20. The quantitative estimate of drug-likeness (QED) is 0.746. The molecule has 0 aromatic rings. The predicted octanol–water partition coefficient (Wildman–Crippen LogP) is 1.32. The van der Waals surface area contributed by atoms with E-state index in [2.05, 4.69) is 17.1 Å². The Bertz CT molecular complexity index is 209. The number of hydrogen-bond acceptors (Lipinski definition) is 3. The minimum atomic E-state index is -2.66. The lowest BCUT2D eigenvalue weighted by molar-refractivity contribution is -0.00587. The molecule has 1 rings (SSSR count). The summed E-state index contributed by atoms with van der Waals surface area (Å²) in [6, 6.07) is 0.197. The Morgan fingerprint density at radius 1 is 1.35 bits per heavy atom. The first kappa shape index (κ1) is 14.8. The van der Waals surface area contributed by atoms with Gasteiger partial charge in [-0.15, -0.1) is 0 Å². The van der Waals surface area contributed by atoms with Gasteiger partial charge in [-0.25, -0.2) is 8.78 Å². The van der Waals surface area contributed by atoms with Crippen molar-refractivity contribution in [3.05, 3.63) is 0 Å². The van der Waals surface area contributed by atoms with E-state index in [0.717, 1.165) is 32.5 Å². The average Bonchev–Trinajstić information content (AvgIpc) is 2.35. The van der Waals surface area contributed by atoms with Crippen molar-refractivity contribution in [1.82, 2.24) is 10.2 Å². The summed E-state index contributed by atoms with van der Waals surface area (Å²) in [4.78, 5) is 2.40. The van der Waals surface area contributed by atoms with Gasteiger partial charge in [0.15, 0.2) is 0 Å². The van der Waals surface area contributed by atoms with Gasteiger partial charge in [-0.05, 0) is 45.3 Å². The maximum atomic E-state index is 12.1. The first-order valence-electron chi connectivity index (χ1n) is 6.46. The number of rotatable bonds is 6. The molecule has 0 aromatic heterocycles. The fourth-order valence-corrected chi connectivity index (χ4v) is 2.33. The molecule has 1 saturated heterocycles. The molecular weight excluding hydrogens is 226 g/mol. The number of piperidine rings is 1. The monoisotopic (exact) mass is 250 g/mol. The molecule has 0 aliphatic carbocycles. The molecule has 5 heteroatoms. The standard InChI is InChI=1S/C12H24F2N2O/c1-3-16-6-4-10(5-7-16)9(2)15-8-11(17)12(13)14/h9-12,15,17H,3-8H2,1-2H3. The third-order valence-electron chi connectivity index (χ3n) is 3.73. The van der Waals surface area contributed by atoms with Gasteiger partial charge in [-0.3, -0.25) is 0 Å². The van der Waals surface area contributed by atoms with Crippen molar-refractivity contribution in [2.45, 2.75) is 45.3 Å². The number of nitrogens with zero attached hydrogens (tertiary/aromatic N) is 1. The van der Waals surface area contributed by atoms with Crippen molar-refractivity contribution in [2.24, 2.45) is 5.92 Å². The van der Waals surface area contributed by atoms with Crippen LogP contribution in [0.5, 0.6) is 0 Å². The van der Waals surface area contributed by atoms with Gasteiger partial charge >= 0.3 is 0 Å². The minimum Gasteiger partial charge on any atom is -0.386 e. The van der Waals surface area contributed by atoms with E-state index in [9.17, 15) is 8.78 Å². The molecule has 0 amide bonds. The molecule has 2 atom stereocenters. The van der Waals surface area contributed by atoms with Crippen LogP contribution in [0.15, 0.2) is 0 Å². The number of alkyl halides is 2. The zero-order chi connectivity index (χ0) is 12.8. The fourth-order valence-electron chi connectivity index (χ4n) is 2.33. The van der Waals surface area contributed by atoms with Gasteiger partial charge in [-0.2, -0.15) is 0 Å². The van der Waals surface area contributed by atoms with E-state index >= 15 is 0 Å². The van der Waals surface area contributed by atoms with Crippen LogP contribution in [0, 0.1) is 5.92 Å². The molecule has 17 heavy (non-hydrogen) atoms.